The number of aromatic amines is 1. The second-order valence-electron chi connectivity index (χ2n) is 5.66. The van der Waals surface area contributed by atoms with Crippen molar-refractivity contribution in [3.63, 3.8) is 0 Å². The van der Waals surface area contributed by atoms with Gasteiger partial charge in [-0.15, -0.1) is 0 Å². The summed E-state index contributed by atoms with van der Waals surface area (Å²) in [4.78, 5) is 15.2. The van der Waals surface area contributed by atoms with Gasteiger partial charge < -0.3 is 20.4 Å². The molecule has 25 heavy (non-hydrogen) atoms. The van der Waals surface area contributed by atoms with Gasteiger partial charge in [-0.3, -0.25) is 4.79 Å². The van der Waals surface area contributed by atoms with Crippen LogP contribution in [0, 0.1) is 0 Å². The van der Waals surface area contributed by atoms with Crippen molar-refractivity contribution in [1.82, 2.24) is 10.3 Å². The molecule has 0 spiro atoms. The summed E-state index contributed by atoms with van der Waals surface area (Å²) in [5.41, 5.74) is 3.09. The highest BCUT2D eigenvalue weighted by atomic mass is 35.5. The number of ether oxygens (including phenoxy) is 1. The molecule has 0 saturated carbocycles. The van der Waals surface area contributed by atoms with Crippen molar-refractivity contribution in [3.8, 4) is 5.75 Å². The lowest BCUT2D eigenvalue weighted by molar-refractivity contribution is -0.119. The van der Waals surface area contributed by atoms with E-state index < -0.39 is 0 Å². The number of H-pyrrole nitrogens is 1. The van der Waals surface area contributed by atoms with Gasteiger partial charge in [0.05, 0.1) is 18.7 Å². The third-order valence-corrected chi connectivity index (χ3v) is 4.29. The molecule has 0 atom stereocenters. The van der Waals surface area contributed by atoms with E-state index in [-0.39, 0.29) is 12.5 Å². The summed E-state index contributed by atoms with van der Waals surface area (Å²) in [5.74, 6) is 0.544. The molecule has 3 N–H and O–H groups in total. The van der Waals surface area contributed by atoms with Crippen LogP contribution in [0.3, 0.4) is 0 Å². The number of carbonyl (C=O) groups excluding carboxylic acids is 1. The van der Waals surface area contributed by atoms with E-state index in [1.807, 2.05) is 30.5 Å². The van der Waals surface area contributed by atoms with Gasteiger partial charge in [0, 0.05) is 29.3 Å². The summed E-state index contributed by atoms with van der Waals surface area (Å²) in [6, 6.07) is 13.5. The molecule has 0 aliphatic heterocycles. The summed E-state index contributed by atoms with van der Waals surface area (Å²) in [6.45, 7) is 0.780. The number of hydrogen-bond donors (Lipinski definition) is 3. The number of halogens is 1. The van der Waals surface area contributed by atoms with Gasteiger partial charge in [0.15, 0.2) is 0 Å². The smallest absolute Gasteiger partial charge is 0.239 e. The number of para-hydroxylation sites is 1. The van der Waals surface area contributed by atoms with Crippen molar-refractivity contribution < 1.29 is 9.53 Å². The Hall–Kier alpha value is -2.66. The number of anilines is 1. The van der Waals surface area contributed by atoms with Crippen LogP contribution in [0.2, 0.25) is 5.02 Å². The van der Waals surface area contributed by atoms with E-state index in [0.29, 0.717) is 17.3 Å². The van der Waals surface area contributed by atoms with Crippen molar-refractivity contribution in [2.24, 2.45) is 0 Å². The molecule has 0 fully saturated rings. The number of rotatable bonds is 7. The Bertz CT molecular complexity index is 876. The SMILES string of the molecule is COc1ccc(NCC(=O)NCCc2c[nH]c3ccccc23)cc1Cl. The average Bonchev–Trinajstić information content (AvgIpc) is 3.03. The second kappa shape index (κ2) is 7.94. The van der Waals surface area contributed by atoms with E-state index in [2.05, 4.69) is 21.7 Å². The highest BCUT2D eigenvalue weighted by Gasteiger charge is 2.06. The molecule has 0 aliphatic rings. The highest BCUT2D eigenvalue weighted by Crippen LogP contribution is 2.27. The number of fused-ring (bicyclic) bond motifs is 1. The van der Waals surface area contributed by atoms with E-state index in [1.165, 1.54) is 10.9 Å². The molecule has 0 radical (unpaired) electrons. The van der Waals surface area contributed by atoms with Crippen molar-refractivity contribution in [1.29, 1.82) is 0 Å². The molecule has 0 unspecified atom stereocenters. The lowest BCUT2D eigenvalue weighted by atomic mass is 10.1. The third kappa shape index (κ3) is 4.25. The third-order valence-electron chi connectivity index (χ3n) is 4.00. The lowest BCUT2D eigenvalue weighted by Gasteiger charge is -2.09. The number of nitrogens with one attached hydrogen (secondary N) is 3. The molecule has 0 saturated heterocycles. The summed E-state index contributed by atoms with van der Waals surface area (Å²) in [7, 11) is 1.56. The molecule has 1 aromatic heterocycles. The number of carbonyl (C=O) groups is 1. The van der Waals surface area contributed by atoms with E-state index >= 15 is 0 Å². The van der Waals surface area contributed by atoms with E-state index in [1.54, 1.807) is 19.2 Å². The quantitative estimate of drug-likeness (QED) is 0.605. The first-order valence-electron chi connectivity index (χ1n) is 8.06. The number of methoxy groups -OCH3 is 1. The molecule has 5 nitrogen and oxygen atoms in total. The molecule has 3 aromatic rings. The first-order valence-corrected chi connectivity index (χ1v) is 8.44. The maximum atomic E-state index is 12.0. The fourth-order valence-corrected chi connectivity index (χ4v) is 2.95. The molecule has 3 rings (SSSR count). The number of amides is 1. The lowest BCUT2D eigenvalue weighted by Crippen LogP contribution is -2.31. The molecule has 130 valence electrons. The predicted octanol–water partition coefficient (Wildman–Crippen LogP) is 3.60. The van der Waals surface area contributed by atoms with Crippen LogP contribution in [0.25, 0.3) is 10.9 Å². The standard InChI is InChI=1S/C19H20ClN3O2/c1-25-18-7-6-14(10-16(18)20)22-12-19(24)21-9-8-13-11-23-17-5-3-2-4-15(13)17/h2-7,10-11,22-23H,8-9,12H2,1H3,(H,21,24). The Balaban J connectivity index is 1.46. The molecular formula is C19H20ClN3O2. The average molecular weight is 358 g/mol. The van der Waals surface area contributed by atoms with Gasteiger partial charge in [-0.25, -0.2) is 0 Å². The van der Waals surface area contributed by atoms with Crippen LogP contribution in [-0.2, 0) is 11.2 Å². The van der Waals surface area contributed by atoms with Gasteiger partial charge in [-0.2, -0.15) is 0 Å². The second-order valence-corrected chi connectivity index (χ2v) is 6.07. The van der Waals surface area contributed by atoms with Crippen LogP contribution in [-0.4, -0.2) is 31.1 Å². The molecule has 0 aliphatic carbocycles. The normalized spacial score (nSPS) is 10.6. The zero-order valence-corrected chi connectivity index (χ0v) is 14.7. The molecule has 1 heterocycles. The Morgan fingerprint density at radius 1 is 1.24 bits per heavy atom. The van der Waals surface area contributed by atoms with Crippen LogP contribution in [0.15, 0.2) is 48.7 Å². The Morgan fingerprint density at radius 3 is 2.88 bits per heavy atom. The summed E-state index contributed by atoms with van der Waals surface area (Å²) in [6.07, 6.45) is 2.78. The maximum Gasteiger partial charge on any atom is 0.239 e. The van der Waals surface area contributed by atoms with Gasteiger partial charge in [0.1, 0.15) is 5.75 Å². The van der Waals surface area contributed by atoms with E-state index in [0.717, 1.165) is 17.6 Å². The zero-order valence-electron chi connectivity index (χ0n) is 13.9. The fourth-order valence-electron chi connectivity index (χ4n) is 2.70. The van der Waals surface area contributed by atoms with Crippen molar-refractivity contribution in [2.45, 2.75) is 6.42 Å². The predicted molar refractivity (Wildman–Crippen MR) is 102 cm³/mol. The van der Waals surface area contributed by atoms with Crippen LogP contribution in [0.5, 0.6) is 5.75 Å². The van der Waals surface area contributed by atoms with Gasteiger partial charge in [-0.1, -0.05) is 29.8 Å². The van der Waals surface area contributed by atoms with Crippen molar-refractivity contribution >= 4 is 34.1 Å². The minimum atomic E-state index is -0.0632. The Labute approximate surface area is 151 Å². The Morgan fingerprint density at radius 2 is 2.08 bits per heavy atom. The first kappa shape index (κ1) is 17.2. The summed E-state index contributed by atoms with van der Waals surface area (Å²) in [5, 5.41) is 7.68. The van der Waals surface area contributed by atoms with Gasteiger partial charge in [0.2, 0.25) is 5.91 Å². The van der Waals surface area contributed by atoms with Gasteiger partial charge in [-0.05, 0) is 36.2 Å². The zero-order chi connectivity index (χ0) is 17.6. The number of hydrogen-bond acceptors (Lipinski definition) is 3. The van der Waals surface area contributed by atoms with E-state index in [4.69, 9.17) is 16.3 Å². The van der Waals surface area contributed by atoms with Crippen LogP contribution in [0.1, 0.15) is 5.56 Å². The largest absolute Gasteiger partial charge is 0.495 e. The maximum absolute atomic E-state index is 12.0. The Kier molecular flexibility index (Phi) is 5.46. The van der Waals surface area contributed by atoms with Gasteiger partial charge >= 0.3 is 0 Å². The van der Waals surface area contributed by atoms with Crippen molar-refractivity contribution in [3.05, 3.63) is 59.2 Å². The minimum Gasteiger partial charge on any atom is -0.495 e. The molecule has 0 bridgehead atoms. The van der Waals surface area contributed by atoms with E-state index in [9.17, 15) is 4.79 Å². The first-order chi connectivity index (χ1) is 12.2. The summed E-state index contributed by atoms with van der Waals surface area (Å²) < 4.78 is 5.10. The molecule has 1 amide bonds. The van der Waals surface area contributed by atoms with Crippen molar-refractivity contribution in [2.75, 3.05) is 25.5 Å². The molecular weight excluding hydrogens is 338 g/mol. The van der Waals surface area contributed by atoms with Crippen LogP contribution in [0.4, 0.5) is 5.69 Å². The summed E-state index contributed by atoms with van der Waals surface area (Å²) >= 11 is 6.06. The fraction of sp³-hybridized carbons (Fsp3) is 0.211. The monoisotopic (exact) mass is 357 g/mol. The highest BCUT2D eigenvalue weighted by molar-refractivity contribution is 6.32. The van der Waals surface area contributed by atoms with Crippen LogP contribution < -0.4 is 15.4 Å². The number of aromatic nitrogens is 1. The van der Waals surface area contributed by atoms with Gasteiger partial charge in [0.25, 0.3) is 0 Å². The topological polar surface area (TPSA) is 66.2 Å². The minimum absolute atomic E-state index is 0.0632. The molecule has 2 aromatic carbocycles. The van der Waals surface area contributed by atoms with Crippen LogP contribution >= 0.6 is 11.6 Å². The molecule has 6 heteroatoms. The number of benzene rings is 2.